The van der Waals surface area contributed by atoms with Crippen LogP contribution in [0, 0.1) is 23.5 Å². The summed E-state index contributed by atoms with van der Waals surface area (Å²) < 4.78 is 53.2. The minimum absolute atomic E-state index is 0.0823. The molecule has 8 heteroatoms. The highest BCUT2D eigenvalue weighted by Gasteiger charge is 2.21. The molecule has 0 saturated carbocycles. The van der Waals surface area contributed by atoms with Gasteiger partial charge in [-0.1, -0.05) is 27.5 Å². The van der Waals surface area contributed by atoms with Gasteiger partial charge in [0.25, 0.3) is 11.9 Å². The first-order chi connectivity index (χ1) is 8.90. The molecule has 100 valence electrons. The van der Waals surface area contributed by atoms with Gasteiger partial charge in [0.1, 0.15) is 5.69 Å². The van der Waals surface area contributed by atoms with Crippen LogP contribution < -0.4 is 5.32 Å². The van der Waals surface area contributed by atoms with E-state index in [1.807, 2.05) is 0 Å². The average Bonchev–Trinajstić information content (AvgIpc) is 2.36. The van der Waals surface area contributed by atoms with Crippen LogP contribution in [0.1, 0.15) is 0 Å². The van der Waals surface area contributed by atoms with Crippen LogP contribution in [0.25, 0.3) is 0 Å². The van der Waals surface area contributed by atoms with Crippen molar-refractivity contribution in [2.75, 3.05) is 5.32 Å². The van der Waals surface area contributed by atoms with Gasteiger partial charge in [-0.15, -0.1) is 0 Å². The number of nitrogens with one attached hydrogen (secondary N) is 1. The fourth-order valence-electron chi connectivity index (χ4n) is 1.32. The Labute approximate surface area is 118 Å². The molecule has 1 heterocycles. The van der Waals surface area contributed by atoms with Crippen molar-refractivity contribution >= 4 is 38.9 Å². The fourth-order valence-corrected chi connectivity index (χ4v) is 1.85. The van der Waals surface area contributed by atoms with E-state index < -0.39 is 29.2 Å². The van der Waals surface area contributed by atoms with Gasteiger partial charge in [-0.3, -0.25) is 0 Å². The molecule has 19 heavy (non-hydrogen) atoms. The molecule has 0 fully saturated rings. The van der Waals surface area contributed by atoms with Crippen LogP contribution in [-0.4, -0.2) is 4.98 Å². The van der Waals surface area contributed by atoms with Gasteiger partial charge in [-0.25, -0.2) is 0 Å². The Kier molecular flexibility index (Phi) is 3.96. The molecule has 0 aliphatic carbocycles. The second-order valence-electron chi connectivity index (χ2n) is 3.45. The molecule has 2 aromatic rings. The third-order valence-corrected chi connectivity index (χ3v) is 3.01. The second kappa shape index (κ2) is 5.34. The molecule has 0 spiro atoms. The molecule has 0 unspecified atom stereocenters. The van der Waals surface area contributed by atoms with Crippen LogP contribution in [0.3, 0.4) is 0 Å². The number of hydrogen-bond donors (Lipinski definition) is 1. The molecule has 0 atom stereocenters. The van der Waals surface area contributed by atoms with E-state index in [0.29, 0.717) is 4.47 Å². The number of halogens is 6. The maximum Gasteiger partial charge on any atom is 0.253 e. The van der Waals surface area contributed by atoms with Gasteiger partial charge in [0.2, 0.25) is 11.6 Å². The van der Waals surface area contributed by atoms with E-state index in [9.17, 15) is 17.6 Å². The highest BCUT2D eigenvalue weighted by atomic mass is 79.9. The molecule has 0 amide bonds. The van der Waals surface area contributed by atoms with Crippen molar-refractivity contribution in [1.82, 2.24) is 4.98 Å². The summed E-state index contributed by atoms with van der Waals surface area (Å²) in [5.41, 5.74) is -0.913. The highest BCUT2D eigenvalue weighted by Crippen LogP contribution is 2.31. The summed E-state index contributed by atoms with van der Waals surface area (Å²) in [6.45, 7) is 0. The Balaban J connectivity index is 2.52. The van der Waals surface area contributed by atoms with Crippen LogP contribution in [0.2, 0.25) is 5.02 Å². The topological polar surface area (TPSA) is 24.9 Å². The number of hydrogen-bond acceptors (Lipinski definition) is 2. The van der Waals surface area contributed by atoms with Gasteiger partial charge in [0.15, 0.2) is 0 Å². The number of rotatable bonds is 2. The number of anilines is 2. The number of pyridine rings is 1. The monoisotopic (exact) mass is 354 g/mol. The smallest absolute Gasteiger partial charge is 0.253 e. The Morgan fingerprint density at radius 3 is 2.21 bits per heavy atom. The average molecular weight is 356 g/mol. The summed E-state index contributed by atoms with van der Waals surface area (Å²) in [6.07, 6.45) is 0. The molecule has 1 aromatic heterocycles. The van der Waals surface area contributed by atoms with E-state index >= 15 is 0 Å². The number of benzene rings is 1. The van der Waals surface area contributed by atoms with Gasteiger partial charge in [-0.05, 0) is 18.2 Å². The van der Waals surface area contributed by atoms with E-state index in [0.717, 1.165) is 0 Å². The maximum atomic E-state index is 13.4. The zero-order chi connectivity index (χ0) is 14.2. The van der Waals surface area contributed by atoms with Crippen molar-refractivity contribution in [1.29, 1.82) is 0 Å². The minimum Gasteiger partial charge on any atom is -0.349 e. The second-order valence-corrected chi connectivity index (χ2v) is 4.77. The van der Waals surface area contributed by atoms with Gasteiger partial charge in [-0.2, -0.15) is 22.5 Å². The highest BCUT2D eigenvalue weighted by molar-refractivity contribution is 9.10. The standard InChI is InChI=1S/C11H4BrClF4N2/c12-4-1-2-5(13)6(3-4)18-9-7(14)10(16)19-11(17)8(9)15/h1-3H,(H,18,19). The van der Waals surface area contributed by atoms with E-state index in [-0.39, 0.29) is 10.7 Å². The molecule has 1 aromatic carbocycles. The van der Waals surface area contributed by atoms with Crippen LogP contribution in [-0.2, 0) is 0 Å². The molecule has 2 rings (SSSR count). The first-order valence-electron chi connectivity index (χ1n) is 4.82. The van der Waals surface area contributed by atoms with E-state index in [2.05, 4.69) is 26.2 Å². The minimum atomic E-state index is -1.74. The van der Waals surface area contributed by atoms with Gasteiger partial charge in [0.05, 0.1) is 10.7 Å². The van der Waals surface area contributed by atoms with Crippen LogP contribution in [0.5, 0.6) is 0 Å². The first kappa shape index (κ1) is 14.1. The normalized spacial score (nSPS) is 10.6. The molecule has 0 bridgehead atoms. The molecular formula is C11H4BrClF4N2. The summed E-state index contributed by atoms with van der Waals surface area (Å²) in [6, 6.07) is 4.43. The van der Waals surface area contributed by atoms with Crippen molar-refractivity contribution in [2.45, 2.75) is 0 Å². The Bertz CT molecular complexity index is 625. The first-order valence-corrected chi connectivity index (χ1v) is 5.99. The van der Waals surface area contributed by atoms with Gasteiger partial charge < -0.3 is 5.32 Å². The summed E-state index contributed by atoms with van der Waals surface area (Å²) in [5.74, 6) is -6.75. The van der Waals surface area contributed by atoms with E-state index in [1.165, 1.54) is 12.1 Å². The predicted octanol–water partition coefficient (Wildman–Crippen LogP) is 4.80. The Hall–Kier alpha value is -1.34. The quantitative estimate of drug-likeness (QED) is 0.618. The lowest BCUT2D eigenvalue weighted by Gasteiger charge is -2.11. The van der Waals surface area contributed by atoms with Gasteiger partial charge >= 0.3 is 0 Å². The zero-order valence-electron chi connectivity index (χ0n) is 8.95. The molecule has 2 nitrogen and oxygen atoms in total. The summed E-state index contributed by atoms with van der Waals surface area (Å²) in [7, 11) is 0. The van der Waals surface area contributed by atoms with Gasteiger partial charge in [0, 0.05) is 4.47 Å². The van der Waals surface area contributed by atoms with Crippen LogP contribution in [0.4, 0.5) is 28.9 Å². The molecule has 0 saturated heterocycles. The molecule has 1 N–H and O–H groups in total. The number of nitrogens with zero attached hydrogens (tertiary/aromatic N) is 1. The lowest BCUT2D eigenvalue weighted by Crippen LogP contribution is -2.06. The lowest BCUT2D eigenvalue weighted by molar-refractivity contribution is 0.411. The molecule has 0 aliphatic rings. The Morgan fingerprint density at radius 2 is 1.63 bits per heavy atom. The fraction of sp³-hybridized carbons (Fsp3) is 0. The van der Waals surface area contributed by atoms with Crippen molar-refractivity contribution in [2.24, 2.45) is 0 Å². The summed E-state index contributed by atoms with van der Waals surface area (Å²) >= 11 is 8.93. The SMILES string of the molecule is Fc1nc(F)c(F)c(Nc2cc(Br)ccc2Cl)c1F. The summed E-state index contributed by atoms with van der Waals surface area (Å²) in [5, 5.41) is 2.32. The predicted molar refractivity (Wildman–Crippen MR) is 66.5 cm³/mol. The molecule has 0 radical (unpaired) electrons. The van der Waals surface area contributed by atoms with Crippen molar-refractivity contribution in [3.05, 3.63) is 51.2 Å². The van der Waals surface area contributed by atoms with E-state index in [4.69, 9.17) is 11.6 Å². The van der Waals surface area contributed by atoms with E-state index in [1.54, 1.807) is 6.07 Å². The van der Waals surface area contributed by atoms with Crippen LogP contribution >= 0.6 is 27.5 Å². The third-order valence-electron chi connectivity index (χ3n) is 2.19. The summed E-state index contributed by atoms with van der Waals surface area (Å²) in [4.78, 5) is 2.45. The van der Waals surface area contributed by atoms with Crippen molar-refractivity contribution in [3.8, 4) is 0 Å². The molecular weight excluding hydrogens is 351 g/mol. The Morgan fingerprint density at radius 1 is 1.05 bits per heavy atom. The largest absolute Gasteiger partial charge is 0.349 e. The number of aromatic nitrogens is 1. The van der Waals surface area contributed by atoms with Crippen molar-refractivity contribution < 1.29 is 17.6 Å². The van der Waals surface area contributed by atoms with Crippen LogP contribution in [0.15, 0.2) is 22.7 Å². The maximum absolute atomic E-state index is 13.4. The molecule has 0 aliphatic heterocycles. The van der Waals surface area contributed by atoms with Crippen molar-refractivity contribution in [3.63, 3.8) is 0 Å². The lowest BCUT2D eigenvalue weighted by atomic mass is 10.3. The zero-order valence-corrected chi connectivity index (χ0v) is 11.3. The third kappa shape index (κ3) is 2.82.